The van der Waals surface area contributed by atoms with Gasteiger partial charge in [0, 0.05) is 55.3 Å². The third kappa shape index (κ3) is 2.75. The first-order chi connectivity index (χ1) is 13.2. The van der Waals surface area contributed by atoms with Gasteiger partial charge in [0.25, 0.3) is 0 Å². The van der Waals surface area contributed by atoms with Crippen LogP contribution in [0.4, 0.5) is 11.8 Å². The molecular weight excluding hydrogens is 342 g/mol. The van der Waals surface area contributed by atoms with E-state index >= 15 is 0 Å². The second-order valence-electron chi connectivity index (χ2n) is 6.62. The highest BCUT2D eigenvalue weighted by Gasteiger charge is 2.19. The van der Waals surface area contributed by atoms with Crippen molar-refractivity contribution in [1.29, 1.82) is 0 Å². The average molecular weight is 359 g/mol. The minimum absolute atomic E-state index is 0.0955. The Morgan fingerprint density at radius 3 is 3.00 bits per heavy atom. The number of carbonyl (C=O) groups excluding carboxylic acids is 1. The molecule has 1 amide bonds. The number of hydrogen-bond donors (Lipinski definition) is 2. The van der Waals surface area contributed by atoms with Gasteiger partial charge in [0.1, 0.15) is 11.5 Å². The van der Waals surface area contributed by atoms with Crippen LogP contribution in [-0.2, 0) is 17.8 Å². The molecule has 2 N–H and O–H groups in total. The van der Waals surface area contributed by atoms with Gasteiger partial charge >= 0.3 is 0 Å². The number of anilines is 2. The van der Waals surface area contributed by atoms with Gasteiger partial charge in [-0.25, -0.2) is 9.97 Å². The Morgan fingerprint density at radius 1 is 1.19 bits per heavy atom. The number of nitrogens with zero attached hydrogens (tertiary/aromatic N) is 5. The number of aromatic amines is 1. The highest BCUT2D eigenvalue weighted by Crippen LogP contribution is 2.24. The molecule has 0 bridgehead atoms. The zero-order valence-electron chi connectivity index (χ0n) is 14.7. The smallest absolute Gasteiger partial charge is 0.230 e. The lowest BCUT2D eigenvalue weighted by molar-refractivity contribution is -0.129. The van der Waals surface area contributed by atoms with Gasteiger partial charge in [0.15, 0.2) is 0 Å². The number of nitrogens with one attached hydrogen (secondary N) is 2. The van der Waals surface area contributed by atoms with Crippen molar-refractivity contribution in [3.8, 4) is 0 Å². The number of aromatic nitrogens is 5. The van der Waals surface area contributed by atoms with Crippen LogP contribution in [0.2, 0.25) is 0 Å². The van der Waals surface area contributed by atoms with Crippen LogP contribution < -0.4 is 5.32 Å². The van der Waals surface area contributed by atoms with Crippen molar-refractivity contribution in [1.82, 2.24) is 29.8 Å². The molecule has 4 aromatic heterocycles. The molecule has 0 aliphatic carbocycles. The molecule has 0 atom stereocenters. The fourth-order valence-corrected chi connectivity index (χ4v) is 3.46. The molecule has 8 nitrogen and oxygen atoms in total. The molecule has 0 aromatic carbocycles. The standard InChI is InChI=1S/C19H17N7O/c1-11(27)26-7-5-15-12(10-26)2-3-17(22-15)24-19-21-8-14-13-4-6-20-9-16(13)23-18(14)25-19/h2-4,6,8-9H,5,7,10H2,1H3,(H2,21,22,23,24,25). The van der Waals surface area contributed by atoms with E-state index < -0.39 is 0 Å². The first kappa shape index (κ1) is 15.7. The van der Waals surface area contributed by atoms with E-state index in [9.17, 15) is 4.79 Å². The number of hydrogen-bond acceptors (Lipinski definition) is 6. The maximum absolute atomic E-state index is 11.6. The van der Waals surface area contributed by atoms with Gasteiger partial charge in [-0.15, -0.1) is 0 Å². The van der Waals surface area contributed by atoms with E-state index in [1.54, 1.807) is 25.5 Å². The van der Waals surface area contributed by atoms with Gasteiger partial charge < -0.3 is 15.2 Å². The third-order valence-electron chi connectivity index (χ3n) is 4.89. The van der Waals surface area contributed by atoms with Crippen molar-refractivity contribution in [2.24, 2.45) is 0 Å². The van der Waals surface area contributed by atoms with Crippen molar-refractivity contribution in [3.63, 3.8) is 0 Å². The Hall–Kier alpha value is -3.55. The molecule has 8 heteroatoms. The van der Waals surface area contributed by atoms with Crippen molar-refractivity contribution in [2.75, 3.05) is 11.9 Å². The summed E-state index contributed by atoms with van der Waals surface area (Å²) < 4.78 is 0. The Morgan fingerprint density at radius 2 is 2.11 bits per heavy atom. The topological polar surface area (TPSA) is 99.7 Å². The molecule has 0 radical (unpaired) electrons. The predicted molar refractivity (Wildman–Crippen MR) is 102 cm³/mol. The summed E-state index contributed by atoms with van der Waals surface area (Å²) in [4.78, 5) is 34.4. The van der Waals surface area contributed by atoms with E-state index in [4.69, 9.17) is 0 Å². The molecule has 4 aromatic rings. The SMILES string of the molecule is CC(=O)N1CCc2nc(Nc3ncc4c(n3)[nH]c3cnccc34)ccc2C1. The molecule has 27 heavy (non-hydrogen) atoms. The second kappa shape index (κ2) is 6.01. The fourth-order valence-electron chi connectivity index (χ4n) is 3.46. The van der Waals surface area contributed by atoms with Crippen molar-refractivity contribution in [2.45, 2.75) is 19.9 Å². The number of pyridine rings is 2. The first-order valence-electron chi connectivity index (χ1n) is 8.77. The number of H-pyrrole nitrogens is 1. The lowest BCUT2D eigenvalue weighted by atomic mass is 10.1. The van der Waals surface area contributed by atoms with E-state index in [-0.39, 0.29) is 5.91 Å². The normalized spacial score (nSPS) is 13.7. The second-order valence-corrected chi connectivity index (χ2v) is 6.62. The molecule has 1 aliphatic heterocycles. The van der Waals surface area contributed by atoms with Gasteiger partial charge in [0.2, 0.25) is 11.9 Å². The fraction of sp³-hybridized carbons (Fsp3) is 0.211. The summed E-state index contributed by atoms with van der Waals surface area (Å²) in [6.07, 6.45) is 6.08. The first-order valence-corrected chi connectivity index (χ1v) is 8.77. The molecule has 1 aliphatic rings. The van der Waals surface area contributed by atoms with Gasteiger partial charge in [-0.05, 0) is 17.7 Å². The summed E-state index contributed by atoms with van der Waals surface area (Å²) in [6, 6.07) is 5.85. The predicted octanol–water partition coefficient (Wildman–Crippen LogP) is 2.55. The molecule has 134 valence electrons. The van der Waals surface area contributed by atoms with Gasteiger partial charge in [0.05, 0.1) is 11.7 Å². The van der Waals surface area contributed by atoms with Crippen LogP contribution in [-0.4, -0.2) is 42.3 Å². The Labute approximate surface area is 154 Å². The molecule has 5 heterocycles. The highest BCUT2D eigenvalue weighted by atomic mass is 16.2. The summed E-state index contributed by atoms with van der Waals surface area (Å²) in [5, 5.41) is 5.18. The number of carbonyl (C=O) groups is 1. The van der Waals surface area contributed by atoms with E-state index in [1.807, 2.05) is 23.1 Å². The van der Waals surface area contributed by atoms with Crippen LogP contribution in [0.1, 0.15) is 18.2 Å². The minimum atomic E-state index is 0.0955. The molecule has 0 fully saturated rings. The Kier molecular flexibility index (Phi) is 3.49. The number of fused-ring (bicyclic) bond motifs is 4. The van der Waals surface area contributed by atoms with E-state index in [0.29, 0.717) is 24.9 Å². The summed E-state index contributed by atoms with van der Waals surface area (Å²) in [6.45, 7) is 2.91. The van der Waals surface area contributed by atoms with E-state index in [1.165, 1.54) is 0 Å². The Balaban J connectivity index is 1.43. The number of rotatable bonds is 2. The lowest BCUT2D eigenvalue weighted by Gasteiger charge is -2.27. The highest BCUT2D eigenvalue weighted by molar-refractivity contribution is 6.05. The number of amides is 1. The summed E-state index contributed by atoms with van der Waals surface area (Å²) >= 11 is 0. The van der Waals surface area contributed by atoms with Crippen LogP contribution >= 0.6 is 0 Å². The monoisotopic (exact) mass is 359 g/mol. The van der Waals surface area contributed by atoms with Crippen LogP contribution in [0.25, 0.3) is 21.9 Å². The average Bonchev–Trinajstić information content (AvgIpc) is 3.05. The maximum Gasteiger partial charge on any atom is 0.230 e. The van der Waals surface area contributed by atoms with Crippen LogP contribution in [0.3, 0.4) is 0 Å². The zero-order chi connectivity index (χ0) is 18.4. The molecule has 0 spiro atoms. The quantitative estimate of drug-likeness (QED) is 0.571. The molecule has 0 saturated heterocycles. The Bertz CT molecular complexity index is 1180. The summed E-state index contributed by atoms with van der Waals surface area (Å²) in [7, 11) is 0. The summed E-state index contributed by atoms with van der Waals surface area (Å²) in [5.41, 5.74) is 3.78. The van der Waals surface area contributed by atoms with Gasteiger partial charge in [-0.3, -0.25) is 9.78 Å². The van der Waals surface area contributed by atoms with Crippen LogP contribution in [0.5, 0.6) is 0 Å². The molecular formula is C19H17N7O. The van der Waals surface area contributed by atoms with E-state index in [0.717, 1.165) is 39.6 Å². The van der Waals surface area contributed by atoms with Crippen molar-refractivity contribution < 1.29 is 4.79 Å². The largest absolute Gasteiger partial charge is 0.338 e. The van der Waals surface area contributed by atoms with Gasteiger partial charge in [-0.1, -0.05) is 6.07 Å². The van der Waals surface area contributed by atoms with E-state index in [2.05, 4.69) is 30.2 Å². The lowest BCUT2D eigenvalue weighted by Crippen LogP contribution is -2.34. The van der Waals surface area contributed by atoms with Gasteiger partial charge in [-0.2, -0.15) is 4.98 Å². The molecule has 0 saturated carbocycles. The van der Waals surface area contributed by atoms with Crippen molar-refractivity contribution in [3.05, 3.63) is 48.0 Å². The zero-order valence-corrected chi connectivity index (χ0v) is 14.7. The van der Waals surface area contributed by atoms with Crippen LogP contribution in [0, 0.1) is 0 Å². The maximum atomic E-state index is 11.6. The molecule has 5 rings (SSSR count). The molecule has 0 unspecified atom stereocenters. The third-order valence-corrected chi connectivity index (χ3v) is 4.89. The minimum Gasteiger partial charge on any atom is -0.338 e. The van der Waals surface area contributed by atoms with Crippen LogP contribution in [0.15, 0.2) is 36.8 Å². The summed E-state index contributed by atoms with van der Waals surface area (Å²) in [5.74, 6) is 1.27. The van der Waals surface area contributed by atoms with Crippen molar-refractivity contribution >= 4 is 39.6 Å².